The van der Waals surface area contributed by atoms with E-state index in [9.17, 15) is 9.90 Å². The minimum atomic E-state index is -0.718. The third-order valence-corrected chi connectivity index (χ3v) is 3.73. The van der Waals surface area contributed by atoms with Crippen molar-refractivity contribution in [3.05, 3.63) is 0 Å². The van der Waals surface area contributed by atoms with Gasteiger partial charge in [-0.3, -0.25) is 9.69 Å². The largest absolute Gasteiger partial charge is 0.480 e. The van der Waals surface area contributed by atoms with Crippen molar-refractivity contribution in [3.8, 4) is 0 Å². The number of hydrogen-bond acceptors (Lipinski definition) is 3. The second kappa shape index (κ2) is 8.48. The van der Waals surface area contributed by atoms with Gasteiger partial charge in [-0.15, -0.1) is 0 Å². The molecule has 0 spiro atoms. The van der Waals surface area contributed by atoms with E-state index in [0.717, 1.165) is 19.5 Å². The number of rotatable bonds is 8. The Labute approximate surface area is 111 Å². The minimum Gasteiger partial charge on any atom is -0.480 e. The summed E-state index contributed by atoms with van der Waals surface area (Å²) in [7, 11) is 0. The Kier molecular flexibility index (Phi) is 7.28. The molecule has 0 aromatic carbocycles. The van der Waals surface area contributed by atoms with Gasteiger partial charge >= 0.3 is 5.97 Å². The molecule has 1 saturated heterocycles. The summed E-state index contributed by atoms with van der Waals surface area (Å²) < 4.78 is 0. The quantitative estimate of drug-likeness (QED) is 0.698. The van der Waals surface area contributed by atoms with Gasteiger partial charge in [0.1, 0.15) is 6.04 Å². The molecule has 1 heterocycles. The Balaban J connectivity index is 2.50. The average Bonchev–Trinajstić information content (AvgIpc) is 2.36. The van der Waals surface area contributed by atoms with Crippen LogP contribution in [0.3, 0.4) is 0 Å². The molecule has 2 unspecified atom stereocenters. The highest BCUT2D eigenvalue weighted by molar-refractivity contribution is 5.73. The van der Waals surface area contributed by atoms with Gasteiger partial charge < -0.3 is 10.4 Å². The zero-order valence-electron chi connectivity index (χ0n) is 11.8. The first-order valence-electron chi connectivity index (χ1n) is 7.39. The monoisotopic (exact) mass is 256 g/mol. The van der Waals surface area contributed by atoms with Gasteiger partial charge in [-0.2, -0.15) is 0 Å². The van der Waals surface area contributed by atoms with Crippen molar-refractivity contribution < 1.29 is 9.90 Å². The normalized spacial score (nSPS) is 22.9. The third kappa shape index (κ3) is 4.94. The van der Waals surface area contributed by atoms with Gasteiger partial charge in [0.15, 0.2) is 0 Å². The number of hydrogen-bond donors (Lipinski definition) is 2. The molecule has 0 aliphatic carbocycles. The van der Waals surface area contributed by atoms with Crippen molar-refractivity contribution in [1.82, 2.24) is 10.2 Å². The second-order valence-electron chi connectivity index (χ2n) is 5.28. The summed E-state index contributed by atoms with van der Waals surface area (Å²) in [5, 5.41) is 12.4. The summed E-state index contributed by atoms with van der Waals surface area (Å²) in [6.45, 7) is 6.76. The molecule has 18 heavy (non-hydrogen) atoms. The number of aliphatic carboxylic acids is 1. The molecule has 0 saturated carbocycles. The lowest BCUT2D eigenvalue weighted by atomic mass is 9.97. The zero-order valence-corrected chi connectivity index (χ0v) is 11.8. The van der Waals surface area contributed by atoms with Gasteiger partial charge in [-0.25, -0.2) is 0 Å². The summed E-state index contributed by atoms with van der Waals surface area (Å²) in [6, 6.07) is 0.177. The van der Waals surface area contributed by atoms with Crippen LogP contribution in [0.5, 0.6) is 0 Å². The molecule has 4 nitrogen and oxygen atoms in total. The number of piperidine rings is 1. The smallest absolute Gasteiger partial charge is 0.322 e. The molecule has 0 radical (unpaired) electrons. The molecule has 1 rings (SSSR count). The Morgan fingerprint density at radius 3 is 2.78 bits per heavy atom. The maximum absolute atomic E-state index is 11.3. The van der Waals surface area contributed by atoms with E-state index in [1.165, 1.54) is 32.1 Å². The van der Waals surface area contributed by atoms with Crippen LogP contribution in [0.15, 0.2) is 0 Å². The van der Waals surface area contributed by atoms with Gasteiger partial charge in [0, 0.05) is 12.6 Å². The Morgan fingerprint density at radius 2 is 2.17 bits per heavy atom. The van der Waals surface area contributed by atoms with E-state index in [4.69, 9.17) is 0 Å². The van der Waals surface area contributed by atoms with Crippen LogP contribution >= 0.6 is 0 Å². The van der Waals surface area contributed by atoms with Gasteiger partial charge in [0.25, 0.3) is 0 Å². The molecular formula is C14H28N2O2. The molecule has 2 N–H and O–H groups in total. The highest BCUT2D eigenvalue weighted by Gasteiger charge is 2.26. The van der Waals surface area contributed by atoms with Crippen LogP contribution in [0.2, 0.25) is 0 Å². The lowest BCUT2D eigenvalue weighted by Gasteiger charge is -2.37. The fraction of sp³-hybridized carbons (Fsp3) is 0.929. The van der Waals surface area contributed by atoms with Crippen LogP contribution in [0.1, 0.15) is 52.4 Å². The molecule has 1 aliphatic rings. The molecular weight excluding hydrogens is 228 g/mol. The molecule has 0 bridgehead atoms. The maximum atomic E-state index is 11.3. The molecule has 0 aromatic rings. The predicted molar refractivity (Wildman–Crippen MR) is 73.8 cm³/mol. The van der Waals surface area contributed by atoms with E-state index in [-0.39, 0.29) is 0 Å². The molecule has 1 fully saturated rings. The maximum Gasteiger partial charge on any atom is 0.322 e. The number of carboxylic acid groups (broad SMARTS) is 1. The van der Waals surface area contributed by atoms with Crippen molar-refractivity contribution in [2.75, 3.05) is 19.6 Å². The summed E-state index contributed by atoms with van der Waals surface area (Å²) in [5.74, 6) is -0.718. The number of carbonyl (C=O) groups is 1. The summed E-state index contributed by atoms with van der Waals surface area (Å²) in [4.78, 5) is 13.6. The van der Waals surface area contributed by atoms with Crippen LogP contribution in [0.25, 0.3) is 0 Å². The number of nitrogens with zero attached hydrogens (tertiary/aromatic N) is 1. The predicted octanol–water partition coefficient (Wildman–Crippen LogP) is 2.09. The molecule has 0 amide bonds. The molecule has 4 heteroatoms. The Morgan fingerprint density at radius 1 is 1.39 bits per heavy atom. The van der Waals surface area contributed by atoms with E-state index < -0.39 is 12.0 Å². The fourth-order valence-corrected chi connectivity index (χ4v) is 2.74. The molecule has 106 valence electrons. The van der Waals surface area contributed by atoms with Gasteiger partial charge in [0.2, 0.25) is 0 Å². The number of nitrogens with one attached hydrogen (secondary N) is 1. The second-order valence-corrected chi connectivity index (χ2v) is 5.28. The standard InChI is InChI=1S/C14H28N2O2/c1-3-7-12-8-5-6-10-16(12)11-13(14(17)18)15-9-4-2/h12-13,15H,3-11H2,1-2H3,(H,17,18). The van der Waals surface area contributed by atoms with E-state index in [2.05, 4.69) is 24.1 Å². The van der Waals surface area contributed by atoms with E-state index in [1.54, 1.807) is 0 Å². The van der Waals surface area contributed by atoms with Crippen LogP contribution in [-0.2, 0) is 4.79 Å². The van der Waals surface area contributed by atoms with Crippen LogP contribution in [0.4, 0.5) is 0 Å². The number of carboxylic acids is 1. The van der Waals surface area contributed by atoms with Crippen molar-refractivity contribution in [3.63, 3.8) is 0 Å². The summed E-state index contributed by atoms with van der Waals surface area (Å²) in [6.07, 6.45) is 7.08. The van der Waals surface area contributed by atoms with E-state index >= 15 is 0 Å². The first kappa shape index (κ1) is 15.4. The highest BCUT2D eigenvalue weighted by Crippen LogP contribution is 2.20. The average molecular weight is 256 g/mol. The van der Waals surface area contributed by atoms with Crippen molar-refractivity contribution in [1.29, 1.82) is 0 Å². The van der Waals surface area contributed by atoms with Crippen molar-refractivity contribution >= 4 is 5.97 Å². The molecule has 0 aromatic heterocycles. The molecule has 2 atom stereocenters. The van der Waals surface area contributed by atoms with Crippen LogP contribution in [0, 0.1) is 0 Å². The minimum absolute atomic E-state index is 0.414. The number of likely N-dealkylation sites (tertiary alicyclic amines) is 1. The topological polar surface area (TPSA) is 52.6 Å². The molecule has 1 aliphatic heterocycles. The SMILES string of the molecule is CCCNC(CN1CCCCC1CCC)C(=O)O. The Bertz CT molecular complexity index is 244. The fourth-order valence-electron chi connectivity index (χ4n) is 2.74. The zero-order chi connectivity index (χ0) is 13.4. The highest BCUT2D eigenvalue weighted by atomic mass is 16.4. The lowest BCUT2D eigenvalue weighted by molar-refractivity contribution is -0.140. The third-order valence-electron chi connectivity index (χ3n) is 3.73. The van der Waals surface area contributed by atoms with Crippen LogP contribution in [-0.4, -0.2) is 47.7 Å². The first-order valence-corrected chi connectivity index (χ1v) is 7.39. The first-order chi connectivity index (χ1) is 8.69. The summed E-state index contributed by atoms with van der Waals surface area (Å²) in [5.41, 5.74) is 0. The lowest BCUT2D eigenvalue weighted by Crippen LogP contribution is -2.50. The Hall–Kier alpha value is -0.610. The van der Waals surface area contributed by atoms with Crippen molar-refractivity contribution in [2.45, 2.75) is 64.5 Å². The van der Waals surface area contributed by atoms with E-state index in [0.29, 0.717) is 12.6 Å². The van der Waals surface area contributed by atoms with Crippen molar-refractivity contribution in [2.24, 2.45) is 0 Å². The van der Waals surface area contributed by atoms with Gasteiger partial charge in [-0.1, -0.05) is 26.7 Å². The summed E-state index contributed by atoms with van der Waals surface area (Å²) >= 11 is 0. The van der Waals surface area contributed by atoms with Gasteiger partial charge in [-0.05, 0) is 38.8 Å². The van der Waals surface area contributed by atoms with E-state index in [1.807, 2.05) is 0 Å². The van der Waals surface area contributed by atoms with Crippen LogP contribution < -0.4 is 5.32 Å². The van der Waals surface area contributed by atoms with Gasteiger partial charge in [0.05, 0.1) is 0 Å².